The van der Waals surface area contributed by atoms with Gasteiger partial charge in [0.05, 0.1) is 30.1 Å². The molecule has 2 amide bonds. The lowest BCUT2D eigenvalue weighted by Gasteiger charge is -2.38. The first-order valence-electron chi connectivity index (χ1n) is 10.6. The summed E-state index contributed by atoms with van der Waals surface area (Å²) in [5.74, 6) is 0.662. The summed E-state index contributed by atoms with van der Waals surface area (Å²) in [5, 5.41) is 5.87. The van der Waals surface area contributed by atoms with Crippen molar-refractivity contribution in [2.75, 3.05) is 38.6 Å². The van der Waals surface area contributed by atoms with Gasteiger partial charge in [0.1, 0.15) is 5.00 Å². The average Bonchev–Trinajstić information content (AvgIpc) is 3.03. The highest BCUT2D eigenvalue weighted by atomic mass is 32.1. The molecule has 160 valence electrons. The number of amides is 2. The zero-order valence-electron chi connectivity index (χ0n) is 17.6. The predicted molar refractivity (Wildman–Crippen MR) is 113 cm³/mol. The average molecular weight is 423 g/mol. The Kier molecular flexibility index (Phi) is 7.29. The maximum atomic E-state index is 12.8. The molecule has 0 bridgehead atoms. The maximum Gasteiger partial charge on any atom is 0.341 e. The lowest BCUT2D eigenvalue weighted by molar-refractivity contribution is -0.902. The van der Waals surface area contributed by atoms with Crippen LogP contribution in [0.3, 0.4) is 0 Å². The number of thiophene rings is 1. The summed E-state index contributed by atoms with van der Waals surface area (Å²) in [4.78, 5) is 39.1. The minimum absolute atomic E-state index is 0.121. The second-order valence-corrected chi connectivity index (χ2v) is 9.10. The molecule has 1 aromatic rings. The van der Waals surface area contributed by atoms with Gasteiger partial charge in [-0.05, 0) is 44.6 Å². The van der Waals surface area contributed by atoms with E-state index in [1.165, 1.54) is 37.0 Å². The van der Waals surface area contributed by atoms with Crippen molar-refractivity contribution in [2.45, 2.75) is 46.0 Å². The summed E-state index contributed by atoms with van der Waals surface area (Å²) in [6.45, 7) is 6.13. The highest BCUT2D eigenvalue weighted by Gasteiger charge is 2.34. The Bertz CT molecular complexity index is 776. The number of carbonyl (C=O) groups excluding carboxylic acids is 3. The van der Waals surface area contributed by atoms with Crippen LogP contribution < -0.4 is 15.5 Å². The summed E-state index contributed by atoms with van der Waals surface area (Å²) in [6.07, 6.45) is 6.46. The Balaban J connectivity index is 1.70. The van der Waals surface area contributed by atoms with Crippen LogP contribution in [0.4, 0.5) is 5.00 Å². The third-order valence-electron chi connectivity index (χ3n) is 6.21. The van der Waals surface area contributed by atoms with Crippen LogP contribution in [-0.2, 0) is 9.53 Å². The summed E-state index contributed by atoms with van der Waals surface area (Å²) < 4.78 is 5.15. The van der Waals surface area contributed by atoms with E-state index in [1.807, 2.05) is 0 Å². The van der Waals surface area contributed by atoms with Gasteiger partial charge in [0.15, 0.2) is 6.54 Å². The zero-order chi connectivity index (χ0) is 21.0. The molecule has 3 atom stereocenters. The van der Waals surface area contributed by atoms with Crippen LogP contribution in [0.25, 0.3) is 0 Å². The van der Waals surface area contributed by atoms with E-state index in [4.69, 9.17) is 4.74 Å². The number of ether oxygens (including phenoxy) is 1. The third kappa shape index (κ3) is 4.98. The van der Waals surface area contributed by atoms with Crippen molar-refractivity contribution < 1.29 is 24.0 Å². The zero-order valence-corrected chi connectivity index (χ0v) is 18.4. The first-order valence-corrected chi connectivity index (χ1v) is 11.4. The van der Waals surface area contributed by atoms with Crippen molar-refractivity contribution in [3.05, 3.63) is 16.0 Å². The van der Waals surface area contributed by atoms with Crippen molar-refractivity contribution in [1.29, 1.82) is 0 Å². The molecule has 1 aliphatic carbocycles. The van der Waals surface area contributed by atoms with Crippen molar-refractivity contribution >= 4 is 34.1 Å². The number of likely N-dealkylation sites (tertiary alicyclic amines) is 1. The van der Waals surface area contributed by atoms with Gasteiger partial charge in [0.25, 0.3) is 11.8 Å². The second-order valence-electron chi connectivity index (χ2n) is 8.08. The number of nitrogens with one attached hydrogen (secondary N) is 3. The standard InChI is InChI=1S/C21H31N3O4S/c1-4-28-21(27)17-13(2)18(19(26)22-3)29-20(17)23-16(25)12-24-10-9-14-7-5-6-8-15(14)11-24/h14-15H,4-12H2,1-3H3,(H,22,26)(H,23,25)/p+1/t14-,15-/m1/s1. The van der Waals surface area contributed by atoms with Crippen LogP contribution in [-0.4, -0.2) is 51.1 Å². The first kappa shape index (κ1) is 21.8. The van der Waals surface area contributed by atoms with Crippen molar-refractivity contribution in [1.82, 2.24) is 5.32 Å². The molecule has 1 aliphatic heterocycles. The first-order chi connectivity index (χ1) is 13.9. The van der Waals surface area contributed by atoms with E-state index in [2.05, 4.69) is 10.6 Å². The Morgan fingerprint density at radius 3 is 2.59 bits per heavy atom. The minimum atomic E-state index is -0.512. The number of piperidine rings is 1. The predicted octanol–water partition coefficient (Wildman–Crippen LogP) is 1.63. The molecule has 2 fully saturated rings. The van der Waals surface area contributed by atoms with Crippen molar-refractivity contribution in [3.8, 4) is 0 Å². The molecule has 8 heteroatoms. The van der Waals surface area contributed by atoms with Gasteiger partial charge >= 0.3 is 5.97 Å². The highest BCUT2D eigenvalue weighted by Crippen LogP contribution is 2.34. The number of anilines is 1. The minimum Gasteiger partial charge on any atom is -0.462 e. The molecule has 1 saturated heterocycles. The SMILES string of the molecule is CCOC(=O)c1c(NC(=O)C[NH+]2CC[C@H]3CCCC[C@@H]3C2)sc(C(=O)NC)c1C. The Morgan fingerprint density at radius 1 is 1.17 bits per heavy atom. The van der Waals surface area contributed by atoms with Gasteiger partial charge in [-0.15, -0.1) is 11.3 Å². The molecular formula is C21H32N3O4S+. The van der Waals surface area contributed by atoms with Gasteiger partial charge in [-0.2, -0.15) is 0 Å². The van der Waals surface area contributed by atoms with Gasteiger partial charge in [-0.25, -0.2) is 4.79 Å². The van der Waals surface area contributed by atoms with Crippen LogP contribution in [0.5, 0.6) is 0 Å². The normalized spacial score (nSPS) is 23.8. The molecule has 2 aliphatic rings. The molecule has 1 aromatic heterocycles. The van der Waals surface area contributed by atoms with Crippen LogP contribution in [0.1, 0.15) is 64.6 Å². The number of hydrogen-bond donors (Lipinski definition) is 3. The number of fused-ring (bicyclic) bond motifs is 1. The lowest BCUT2D eigenvalue weighted by Crippen LogP contribution is -3.15. The summed E-state index contributed by atoms with van der Waals surface area (Å²) in [7, 11) is 1.54. The van der Waals surface area contributed by atoms with Crippen LogP contribution in [0, 0.1) is 18.8 Å². The van der Waals surface area contributed by atoms with Crippen molar-refractivity contribution in [3.63, 3.8) is 0 Å². The molecule has 3 N–H and O–H groups in total. The Morgan fingerprint density at radius 2 is 1.90 bits per heavy atom. The fourth-order valence-electron chi connectivity index (χ4n) is 4.73. The number of esters is 1. The molecule has 1 unspecified atom stereocenters. The molecule has 0 spiro atoms. The van der Waals surface area contributed by atoms with E-state index in [0.29, 0.717) is 22.0 Å². The Labute approximate surface area is 176 Å². The van der Waals surface area contributed by atoms with E-state index < -0.39 is 5.97 Å². The van der Waals surface area contributed by atoms with E-state index in [9.17, 15) is 14.4 Å². The number of hydrogen-bond acceptors (Lipinski definition) is 5. The van der Waals surface area contributed by atoms with Gasteiger partial charge in [-0.1, -0.05) is 12.8 Å². The topological polar surface area (TPSA) is 88.9 Å². The van der Waals surface area contributed by atoms with E-state index in [-0.39, 0.29) is 24.0 Å². The van der Waals surface area contributed by atoms with Gasteiger partial charge < -0.3 is 20.3 Å². The fourth-order valence-corrected chi connectivity index (χ4v) is 5.89. The van der Waals surface area contributed by atoms with E-state index in [1.54, 1.807) is 20.9 Å². The molecule has 1 saturated carbocycles. The molecule has 0 aromatic carbocycles. The molecular weight excluding hydrogens is 390 g/mol. The number of rotatable bonds is 6. The van der Waals surface area contributed by atoms with E-state index >= 15 is 0 Å². The lowest BCUT2D eigenvalue weighted by atomic mass is 9.75. The second kappa shape index (κ2) is 9.71. The van der Waals surface area contributed by atoms with Crippen LogP contribution in [0.2, 0.25) is 0 Å². The van der Waals surface area contributed by atoms with Gasteiger partial charge in [-0.3, -0.25) is 9.59 Å². The monoisotopic (exact) mass is 422 g/mol. The number of quaternary nitrogens is 1. The molecule has 3 rings (SSSR count). The van der Waals surface area contributed by atoms with Crippen LogP contribution >= 0.6 is 11.3 Å². The summed E-state index contributed by atoms with van der Waals surface area (Å²) in [6, 6.07) is 0. The Hall–Kier alpha value is -1.93. The molecule has 2 heterocycles. The number of carbonyl (C=O) groups is 3. The van der Waals surface area contributed by atoms with Gasteiger partial charge in [0.2, 0.25) is 0 Å². The fraction of sp³-hybridized carbons (Fsp3) is 0.667. The third-order valence-corrected chi connectivity index (χ3v) is 7.42. The van der Waals surface area contributed by atoms with Crippen LogP contribution in [0.15, 0.2) is 0 Å². The molecule has 29 heavy (non-hydrogen) atoms. The van der Waals surface area contributed by atoms with Crippen molar-refractivity contribution in [2.24, 2.45) is 11.8 Å². The summed E-state index contributed by atoms with van der Waals surface area (Å²) >= 11 is 1.13. The molecule has 0 radical (unpaired) electrons. The summed E-state index contributed by atoms with van der Waals surface area (Å²) in [5.41, 5.74) is 0.822. The maximum absolute atomic E-state index is 12.8. The van der Waals surface area contributed by atoms with Gasteiger partial charge in [0, 0.05) is 13.0 Å². The van der Waals surface area contributed by atoms with E-state index in [0.717, 1.165) is 36.3 Å². The largest absolute Gasteiger partial charge is 0.462 e. The smallest absolute Gasteiger partial charge is 0.341 e. The molecule has 7 nitrogen and oxygen atoms in total. The quantitative estimate of drug-likeness (QED) is 0.608. The highest BCUT2D eigenvalue weighted by molar-refractivity contribution is 7.18.